The molecule has 4 aromatic rings. The van der Waals surface area contributed by atoms with Crippen LogP contribution in [0.25, 0.3) is 22.3 Å². The predicted octanol–water partition coefficient (Wildman–Crippen LogP) is 3.26. The fourth-order valence-electron chi connectivity index (χ4n) is 3.25. The number of aromatic nitrogens is 6. The van der Waals surface area contributed by atoms with E-state index in [2.05, 4.69) is 44.5 Å². The van der Waals surface area contributed by atoms with Crippen molar-refractivity contribution in [3.63, 3.8) is 0 Å². The number of anilines is 3. The Morgan fingerprint density at radius 3 is 2.59 bits per heavy atom. The lowest BCUT2D eigenvalue weighted by Crippen LogP contribution is -2.36. The van der Waals surface area contributed by atoms with Crippen LogP contribution < -0.4 is 10.6 Å². The van der Waals surface area contributed by atoms with Gasteiger partial charge in [0.2, 0.25) is 0 Å². The van der Waals surface area contributed by atoms with Gasteiger partial charge in [0.15, 0.2) is 5.82 Å². The van der Waals surface area contributed by atoms with Gasteiger partial charge < -0.3 is 20.3 Å². The molecule has 0 aliphatic heterocycles. The maximum Gasteiger partial charge on any atom is 0.255 e. The van der Waals surface area contributed by atoms with Crippen molar-refractivity contribution in [2.24, 2.45) is 7.05 Å². The molecular weight excluding hydrogens is 408 g/mol. The number of carbonyl (C=O) groups excluding carboxylic acids is 1. The van der Waals surface area contributed by atoms with Crippen molar-refractivity contribution in [2.75, 3.05) is 10.6 Å². The fraction of sp³-hybridized carbons (Fsp3) is 0.318. The van der Waals surface area contributed by atoms with E-state index in [9.17, 15) is 9.90 Å². The standard InChI is InChI=1S/C22H26N8O2/c1-13(2)30-12-16(26-21(31)22(3,4)32)15-10-24-19(8-17(15)30)27-18-6-7-23-20(28-18)14-9-25-29(5)11-14/h6-13,32H,1-5H3,(H,26,31)(H,23,24,27,28). The van der Waals surface area contributed by atoms with Crippen molar-refractivity contribution < 1.29 is 9.90 Å². The summed E-state index contributed by atoms with van der Waals surface area (Å²) in [5.41, 5.74) is 0.825. The zero-order valence-corrected chi connectivity index (χ0v) is 18.7. The summed E-state index contributed by atoms with van der Waals surface area (Å²) < 4.78 is 3.74. The molecule has 0 saturated carbocycles. The van der Waals surface area contributed by atoms with Gasteiger partial charge in [0, 0.05) is 49.3 Å². The van der Waals surface area contributed by atoms with Crippen molar-refractivity contribution in [1.82, 2.24) is 29.3 Å². The van der Waals surface area contributed by atoms with Crippen LogP contribution in [-0.4, -0.2) is 45.9 Å². The molecule has 3 N–H and O–H groups in total. The van der Waals surface area contributed by atoms with Gasteiger partial charge >= 0.3 is 0 Å². The first kappa shape index (κ1) is 21.4. The molecule has 0 fully saturated rings. The Hall–Kier alpha value is -3.79. The van der Waals surface area contributed by atoms with E-state index in [1.54, 1.807) is 29.3 Å². The van der Waals surface area contributed by atoms with E-state index >= 15 is 0 Å². The van der Waals surface area contributed by atoms with E-state index in [1.165, 1.54) is 13.8 Å². The number of nitrogens with one attached hydrogen (secondary N) is 2. The number of hydrogen-bond acceptors (Lipinski definition) is 7. The highest BCUT2D eigenvalue weighted by molar-refractivity contribution is 6.04. The topological polar surface area (TPSA) is 123 Å². The molecule has 4 heterocycles. The lowest BCUT2D eigenvalue weighted by Gasteiger charge is -2.16. The highest BCUT2D eigenvalue weighted by atomic mass is 16.3. The molecule has 0 aliphatic carbocycles. The van der Waals surface area contributed by atoms with Gasteiger partial charge in [-0.3, -0.25) is 9.48 Å². The van der Waals surface area contributed by atoms with Gasteiger partial charge in [-0.25, -0.2) is 15.0 Å². The minimum absolute atomic E-state index is 0.150. The van der Waals surface area contributed by atoms with Crippen LogP contribution in [0.1, 0.15) is 33.7 Å². The number of amides is 1. The number of aliphatic hydroxyl groups is 1. The van der Waals surface area contributed by atoms with E-state index in [-0.39, 0.29) is 6.04 Å². The number of hydrogen-bond donors (Lipinski definition) is 3. The molecule has 0 saturated heterocycles. The van der Waals surface area contributed by atoms with Crippen LogP contribution in [0.4, 0.5) is 17.3 Å². The Labute approximate surface area is 185 Å². The molecule has 0 aromatic carbocycles. The molecule has 10 heteroatoms. The number of pyridine rings is 1. The molecular formula is C22H26N8O2. The van der Waals surface area contributed by atoms with Gasteiger partial charge in [0.25, 0.3) is 5.91 Å². The van der Waals surface area contributed by atoms with Gasteiger partial charge in [-0.1, -0.05) is 0 Å². The minimum Gasteiger partial charge on any atom is -0.381 e. The summed E-state index contributed by atoms with van der Waals surface area (Å²) in [4.78, 5) is 25.7. The monoisotopic (exact) mass is 434 g/mol. The molecule has 166 valence electrons. The summed E-state index contributed by atoms with van der Waals surface area (Å²) in [6, 6.07) is 3.82. The molecule has 10 nitrogen and oxygen atoms in total. The maximum atomic E-state index is 12.3. The van der Waals surface area contributed by atoms with Crippen LogP contribution in [0.15, 0.2) is 43.1 Å². The van der Waals surface area contributed by atoms with E-state index in [0.717, 1.165) is 16.5 Å². The minimum atomic E-state index is -1.49. The Balaban J connectivity index is 1.66. The number of rotatable bonds is 6. The summed E-state index contributed by atoms with van der Waals surface area (Å²) >= 11 is 0. The average Bonchev–Trinajstić information content (AvgIpc) is 3.31. The van der Waals surface area contributed by atoms with Crippen molar-refractivity contribution in [3.05, 3.63) is 43.1 Å². The SMILES string of the molecule is CC(C)n1cc(NC(=O)C(C)(C)O)c2cnc(Nc3ccnc(-c4cnn(C)c4)n3)cc21. The molecule has 0 aliphatic rings. The summed E-state index contributed by atoms with van der Waals surface area (Å²) in [6.45, 7) is 7.01. The first-order valence-electron chi connectivity index (χ1n) is 10.3. The Bertz CT molecular complexity index is 1280. The zero-order chi connectivity index (χ0) is 23.0. The first-order valence-corrected chi connectivity index (χ1v) is 10.3. The number of nitrogens with zero attached hydrogens (tertiary/aromatic N) is 6. The highest BCUT2D eigenvalue weighted by Crippen LogP contribution is 2.31. The first-order chi connectivity index (χ1) is 15.1. The highest BCUT2D eigenvalue weighted by Gasteiger charge is 2.25. The summed E-state index contributed by atoms with van der Waals surface area (Å²) in [6.07, 6.45) is 8.79. The average molecular weight is 435 g/mol. The Morgan fingerprint density at radius 1 is 1.16 bits per heavy atom. The second-order valence-corrected chi connectivity index (χ2v) is 8.44. The molecule has 0 atom stereocenters. The van der Waals surface area contributed by atoms with E-state index in [4.69, 9.17) is 0 Å². The number of fused-ring (bicyclic) bond motifs is 1. The second kappa shape index (κ2) is 8.04. The number of aryl methyl sites for hydroxylation is 1. The third kappa shape index (κ3) is 4.30. The molecule has 0 unspecified atom stereocenters. The van der Waals surface area contributed by atoms with Gasteiger partial charge in [0.1, 0.15) is 17.2 Å². The smallest absolute Gasteiger partial charge is 0.255 e. The Kier molecular flexibility index (Phi) is 5.39. The second-order valence-electron chi connectivity index (χ2n) is 8.44. The number of carbonyl (C=O) groups is 1. The molecule has 32 heavy (non-hydrogen) atoms. The zero-order valence-electron chi connectivity index (χ0n) is 18.7. The lowest BCUT2D eigenvalue weighted by molar-refractivity contribution is -0.130. The quantitative estimate of drug-likeness (QED) is 0.426. The van der Waals surface area contributed by atoms with Crippen LogP contribution in [-0.2, 0) is 11.8 Å². The predicted molar refractivity (Wildman–Crippen MR) is 123 cm³/mol. The lowest BCUT2D eigenvalue weighted by atomic mass is 10.1. The van der Waals surface area contributed by atoms with Crippen molar-refractivity contribution in [1.29, 1.82) is 0 Å². The van der Waals surface area contributed by atoms with Crippen molar-refractivity contribution in [2.45, 2.75) is 39.3 Å². The van der Waals surface area contributed by atoms with Crippen LogP contribution in [0.5, 0.6) is 0 Å². The summed E-state index contributed by atoms with van der Waals surface area (Å²) in [7, 11) is 1.84. The molecule has 4 aromatic heterocycles. The van der Waals surface area contributed by atoms with Gasteiger partial charge in [-0.2, -0.15) is 5.10 Å². The Morgan fingerprint density at radius 2 is 1.94 bits per heavy atom. The van der Waals surface area contributed by atoms with Crippen molar-refractivity contribution in [3.8, 4) is 11.4 Å². The fourth-order valence-corrected chi connectivity index (χ4v) is 3.25. The van der Waals surface area contributed by atoms with E-state index < -0.39 is 11.5 Å². The van der Waals surface area contributed by atoms with Crippen LogP contribution in [0.2, 0.25) is 0 Å². The summed E-state index contributed by atoms with van der Waals surface area (Å²) in [5, 5.41) is 20.9. The third-order valence-electron chi connectivity index (χ3n) is 4.95. The maximum absolute atomic E-state index is 12.3. The van der Waals surface area contributed by atoms with Crippen LogP contribution in [0, 0.1) is 0 Å². The van der Waals surface area contributed by atoms with Gasteiger partial charge in [-0.15, -0.1) is 0 Å². The van der Waals surface area contributed by atoms with Gasteiger partial charge in [-0.05, 0) is 33.8 Å². The van der Waals surface area contributed by atoms with Gasteiger partial charge in [0.05, 0.1) is 23.0 Å². The van der Waals surface area contributed by atoms with Crippen LogP contribution in [0.3, 0.4) is 0 Å². The van der Waals surface area contributed by atoms with Crippen molar-refractivity contribution >= 4 is 34.1 Å². The molecule has 0 radical (unpaired) electrons. The molecule has 0 bridgehead atoms. The molecule has 1 amide bonds. The van der Waals surface area contributed by atoms with E-state index in [1.807, 2.05) is 30.1 Å². The molecule has 4 rings (SSSR count). The normalized spacial score (nSPS) is 11.8. The van der Waals surface area contributed by atoms with E-state index in [0.29, 0.717) is 23.1 Å². The molecule has 0 spiro atoms. The van der Waals surface area contributed by atoms with Crippen LogP contribution >= 0.6 is 0 Å². The summed E-state index contributed by atoms with van der Waals surface area (Å²) in [5.74, 6) is 1.29. The third-order valence-corrected chi connectivity index (χ3v) is 4.95. The largest absolute Gasteiger partial charge is 0.381 e.